The number of hydrogen-bond donors (Lipinski definition) is 0. The fourth-order valence-electron chi connectivity index (χ4n) is 2.00. The maximum absolute atomic E-state index is 14.0. The van der Waals surface area contributed by atoms with Gasteiger partial charge in [-0.2, -0.15) is 0 Å². The molecule has 2 aromatic carbocycles. The molecule has 0 spiro atoms. The molecule has 0 unspecified atom stereocenters. The van der Waals surface area contributed by atoms with Crippen LogP contribution in [0.3, 0.4) is 0 Å². The zero-order chi connectivity index (χ0) is 15.4. The van der Waals surface area contributed by atoms with Crippen LogP contribution in [-0.2, 0) is 17.6 Å². The standard InChI is InChI=1S/C16H13ClF2O2/c1-21-15-4-2-3-11(16(15)19)8-13(20)7-10-5-6-12(18)9-14(10)17/h2-6,9H,7-8H2,1H3. The first-order chi connectivity index (χ1) is 10.0. The summed E-state index contributed by atoms with van der Waals surface area (Å²) in [4.78, 5) is 12.0. The molecule has 0 fully saturated rings. The van der Waals surface area contributed by atoms with Crippen molar-refractivity contribution in [1.29, 1.82) is 0 Å². The molecule has 110 valence electrons. The molecule has 0 amide bonds. The van der Waals surface area contributed by atoms with Crippen LogP contribution in [0.2, 0.25) is 5.02 Å². The van der Waals surface area contributed by atoms with Crippen molar-refractivity contribution in [2.75, 3.05) is 7.11 Å². The van der Waals surface area contributed by atoms with Crippen molar-refractivity contribution in [3.63, 3.8) is 0 Å². The molecule has 2 nitrogen and oxygen atoms in total. The number of carbonyl (C=O) groups is 1. The summed E-state index contributed by atoms with van der Waals surface area (Å²) >= 11 is 5.87. The molecule has 0 saturated heterocycles. The highest BCUT2D eigenvalue weighted by Gasteiger charge is 2.14. The maximum atomic E-state index is 14.0. The van der Waals surface area contributed by atoms with Gasteiger partial charge in [0.1, 0.15) is 11.6 Å². The van der Waals surface area contributed by atoms with Crippen molar-refractivity contribution in [2.24, 2.45) is 0 Å². The number of ketones is 1. The van der Waals surface area contributed by atoms with Gasteiger partial charge in [0, 0.05) is 17.9 Å². The lowest BCUT2D eigenvalue weighted by atomic mass is 10.0. The molecule has 2 rings (SSSR count). The molecule has 0 aliphatic carbocycles. The first-order valence-corrected chi connectivity index (χ1v) is 6.66. The topological polar surface area (TPSA) is 26.3 Å². The molecule has 0 aliphatic rings. The molecule has 0 heterocycles. The fraction of sp³-hybridized carbons (Fsp3) is 0.188. The zero-order valence-corrected chi connectivity index (χ0v) is 12.1. The lowest BCUT2D eigenvalue weighted by Crippen LogP contribution is -2.09. The Labute approximate surface area is 126 Å². The summed E-state index contributed by atoms with van der Waals surface area (Å²) in [5, 5.41) is 0.189. The third-order valence-electron chi connectivity index (χ3n) is 3.05. The van der Waals surface area contributed by atoms with Crippen LogP contribution in [0.25, 0.3) is 0 Å². The Kier molecular flexibility index (Phi) is 4.91. The van der Waals surface area contributed by atoms with Crippen molar-refractivity contribution < 1.29 is 18.3 Å². The zero-order valence-electron chi connectivity index (χ0n) is 11.3. The molecule has 0 aromatic heterocycles. The summed E-state index contributed by atoms with van der Waals surface area (Å²) in [7, 11) is 1.36. The maximum Gasteiger partial charge on any atom is 0.168 e. The third kappa shape index (κ3) is 3.79. The Hall–Kier alpha value is -1.94. The van der Waals surface area contributed by atoms with Gasteiger partial charge in [0.25, 0.3) is 0 Å². The van der Waals surface area contributed by atoms with Gasteiger partial charge in [-0.25, -0.2) is 8.78 Å². The van der Waals surface area contributed by atoms with E-state index < -0.39 is 11.6 Å². The Morgan fingerprint density at radius 1 is 1.14 bits per heavy atom. The van der Waals surface area contributed by atoms with E-state index in [1.807, 2.05) is 0 Å². The molecule has 0 atom stereocenters. The number of halogens is 3. The van der Waals surface area contributed by atoms with E-state index in [9.17, 15) is 13.6 Å². The van der Waals surface area contributed by atoms with E-state index in [0.29, 0.717) is 5.56 Å². The van der Waals surface area contributed by atoms with Crippen LogP contribution in [0, 0.1) is 11.6 Å². The average Bonchev–Trinajstić information content (AvgIpc) is 2.44. The second kappa shape index (κ2) is 6.68. The predicted molar refractivity (Wildman–Crippen MR) is 76.8 cm³/mol. The minimum atomic E-state index is -0.543. The normalized spacial score (nSPS) is 10.5. The molecule has 0 radical (unpaired) electrons. The fourth-order valence-corrected chi connectivity index (χ4v) is 2.24. The molecule has 0 saturated carbocycles. The number of Topliss-reactive ketones (excluding diaryl/α,β-unsaturated/α-hetero) is 1. The van der Waals surface area contributed by atoms with E-state index in [4.69, 9.17) is 16.3 Å². The molecular formula is C16H13ClF2O2. The highest BCUT2D eigenvalue weighted by molar-refractivity contribution is 6.31. The number of hydrogen-bond acceptors (Lipinski definition) is 2. The molecule has 0 N–H and O–H groups in total. The largest absolute Gasteiger partial charge is 0.494 e. The number of carbonyl (C=O) groups excluding carboxylic acids is 1. The van der Waals surface area contributed by atoms with Gasteiger partial charge in [-0.05, 0) is 29.3 Å². The number of methoxy groups -OCH3 is 1. The van der Waals surface area contributed by atoms with Crippen LogP contribution in [0.4, 0.5) is 8.78 Å². The summed E-state index contributed by atoms with van der Waals surface area (Å²) in [5.41, 5.74) is 0.781. The van der Waals surface area contributed by atoms with E-state index in [0.717, 1.165) is 6.07 Å². The summed E-state index contributed by atoms with van der Waals surface area (Å²) in [5.74, 6) is -1.12. The molecule has 5 heteroatoms. The summed E-state index contributed by atoms with van der Waals surface area (Å²) < 4.78 is 31.8. The van der Waals surface area contributed by atoms with E-state index in [1.54, 1.807) is 6.07 Å². The summed E-state index contributed by atoms with van der Waals surface area (Å²) in [6.45, 7) is 0. The molecule has 0 bridgehead atoms. The van der Waals surface area contributed by atoms with Crippen LogP contribution in [0.5, 0.6) is 5.75 Å². The SMILES string of the molecule is COc1cccc(CC(=O)Cc2ccc(F)cc2Cl)c1F. The van der Waals surface area contributed by atoms with Crippen LogP contribution < -0.4 is 4.74 Å². The number of rotatable bonds is 5. The molecule has 2 aromatic rings. The van der Waals surface area contributed by atoms with Crippen LogP contribution in [0.1, 0.15) is 11.1 Å². The Balaban J connectivity index is 2.12. The van der Waals surface area contributed by atoms with Crippen molar-refractivity contribution >= 4 is 17.4 Å². The van der Waals surface area contributed by atoms with Gasteiger partial charge in [-0.1, -0.05) is 29.8 Å². The second-order valence-corrected chi connectivity index (χ2v) is 4.97. The highest BCUT2D eigenvalue weighted by atomic mass is 35.5. The van der Waals surface area contributed by atoms with Crippen molar-refractivity contribution in [3.05, 3.63) is 64.2 Å². The van der Waals surface area contributed by atoms with Crippen molar-refractivity contribution in [2.45, 2.75) is 12.8 Å². The first kappa shape index (κ1) is 15.4. The summed E-state index contributed by atoms with van der Waals surface area (Å²) in [6.07, 6.45) is -0.0491. The van der Waals surface area contributed by atoms with Gasteiger partial charge in [0.15, 0.2) is 11.6 Å². The van der Waals surface area contributed by atoms with Crippen LogP contribution in [0.15, 0.2) is 36.4 Å². The highest BCUT2D eigenvalue weighted by Crippen LogP contribution is 2.22. The van der Waals surface area contributed by atoms with E-state index in [-0.39, 0.29) is 35.0 Å². The van der Waals surface area contributed by atoms with Crippen LogP contribution >= 0.6 is 11.6 Å². The molecule has 21 heavy (non-hydrogen) atoms. The quantitative estimate of drug-likeness (QED) is 0.835. The lowest BCUT2D eigenvalue weighted by molar-refractivity contribution is -0.117. The van der Waals surface area contributed by atoms with E-state index in [2.05, 4.69) is 0 Å². The molecule has 0 aliphatic heterocycles. The Morgan fingerprint density at radius 2 is 1.86 bits per heavy atom. The van der Waals surface area contributed by atoms with E-state index >= 15 is 0 Å². The monoisotopic (exact) mass is 310 g/mol. The van der Waals surface area contributed by atoms with Gasteiger partial charge in [-0.3, -0.25) is 4.79 Å². The smallest absolute Gasteiger partial charge is 0.168 e. The van der Waals surface area contributed by atoms with E-state index in [1.165, 1.54) is 31.4 Å². The summed E-state index contributed by atoms with van der Waals surface area (Å²) in [6, 6.07) is 8.48. The number of benzene rings is 2. The second-order valence-electron chi connectivity index (χ2n) is 4.56. The van der Waals surface area contributed by atoms with Gasteiger partial charge in [0.05, 0.1) is 7.11 Å². The van der Waals surface area contributed by atoms with Gasteiger partial charge < -0.3 is 4.74 Å². The number of ether oxygens (including phenoxy) is 1. The van der Waals surface area contributed by atoms with Gasteiger partial charge >= 0.3 is 0 Å². The minimum Gasteiger partial charge on any atom is -0.494 e. The van der Waals surface area contributed by atoms with Crippen molar-refractivity contribution in [3.8, 4) is 5.75 Å². The lowest BCUT2D eigenvalue weighted by Gasteiger charge is -2.07. The molecular weight excluding hydrogens is 298 g/mol. The van der Waals surface area contributed by atoms with Crippen LogP contribution in [-0.4, -0.2) is 12.9 Å². The minimum absolute atomic E-state index is 0.0236. The Bertz CT molecular complexity index is 671. The predicted octanol–water partition coefficient (Wildman–Crippen LogP) is 3.98. The first-order valence-electron chi connectivity index (χ1n) is 6.28. The van der Waals surface area contributed by atoms with Crippen molar-refractivity contribution in [1.82, 2.24) is 0 Å². The van der Waals surface area contributed by atoms with Gasteiger partial charge in [0.2, 0.25) is 0 Å². The third-order valence-corrected chi connectivity index (χ3v) is 3.41. The Morgan fingerprint density at radius 3 is 2.52 bits per heavy atom. The van der Waals surface area contributed by atoms with Gasteiger partial charge in [-0.15, -0.1) is 0 Å². The average molecular weight is 311 g/mol.